The molecule has 0 amide bonds. The van der Waals surface area contributed by atoms with Crippen molar-refractivity contribution < 1.29 is 18.9 Å². The molecule has 0 saturated carbocycles. The molecule has 6 heteroatoms. The molecular weight excluding hydrogens is 404 g/mol. The SMILES string of the molecule is c1cc(COc2ccc(C3=NCCO3)cc2)cc(COc2ccc(C3=NCCO3)cc2)c1. The standard InChI is InChI=1S/C26H24N2O4/c1-2-19(17-31-23-8-4-21(5-9-23)25-27-12-14-29-25)16-20(3-1)18-32-24-10-6-22(7-11-24)26-28-13-15-30-26/h1-11,16H,12-15,17-18H2. The van der Waals surface area contributed by atoms with Crippen LogP contribution in [0.3, 0.4) is 0 Å². The zero-order chi connectivity index (χ0) is 21.6. The highest BCUT2D eigenvalue weighted by Crippen LogP contribution is 2.19. The molecule has 3 aromatic rings. The van der Waals surface area contributed by atoms with Crippen molar-refractivity contribution in [3.63, 3.8) is 0 Å². The molecule has 2 heterocycles. The van der Waals surface area contributed by atoms with Crippen LogP contribution in [0.15, 0.2) is 82.8 Å². The second-order valence-corrected chi connectivity index (χ2v) is 7.52. The van der Waals surface area contributed by atoms with Gasteiger partial charge in [-0.1, -0.05) is 18.2 Å². The van der Waals surface area contributed by atoms with E-state index in [-0.39, 0.29) is 0 Å². The molecule has 0 saturated heterocycles. The van der Waals surface area contributed by atoms with E-state index in [0.717, 1.165) is 46.8 Å². The average molecular weight is 428 g/mol. The predicted octanol–water partition coefficient (Wildman–Crippen LogP) is 4.40. The van der Waals surface area contributed by atoms with E-state index in [1.807, 2.05) is 54.6 Å². The van der Waals surface area contributed by atoms with Gasteiger partial charge in [-0.3, -0.25) is 0 Å². The second-order valence-electron chi connectivity index (χ2n) is 7.52. The lowest BCUT2D eigenvalue weighted by molar-refractivity contribution is 0.300. The minimum Gasteiger partial charge on any atom is -0.489 e. The van der Waals surface area contributed by atoms with Gasteiger partial charge in [0.05, 0.1) is 13.1 Å². The molecule has 5 rings (SSSR count). The van der Waals surface area contributed by atoms with E-state index in [2.05, 4.69) is 28.2 Å². The van der Waals surface area contributed by atoms with Crippen molar-refractivity contribution in [3.8, 4) is 11.5 Å². The summed E-state index contributed by atoms with van der Waals surface area (Å²) in [7, 11) is 0. The molecule has 0 N–H and O–H groups in total. The van der Waals surface area contributed by atoms with Crippen LogP contribution in [-0.2, 0) is 22.7 Å². The maximum absolute atomic E-state index is 5.94. The van der Waals surface area contributed by atoms with Gasteiger partial charge in [-0.2, -0.15) is 0 Å². The van der Waals surface area contributed by atoms with E-state index < -0.39 is 0 Å². The van der Waals surface area contributed by atoms with Crippen LogP contribution in [-0.4, -0.2) is 38.1 Å². The summed E-state index contributed by atoms with van der Waals surface area (Å²) in [5.74, 6) is 3.04. The third kappa shape index (κ3) is 4.91. The first kappa shape index (κ1) is 20.1. The van der Waals surface area contributed by atoms with E-state index >= 15 is 0 Å². The van der Waals surface area contributed by atoms with E-state index in [1.54, 1.807) is 0 Å². The number of ether oxygens (including phenoxy) is 4. The molecule has 0 unspecified atom stereocenters. The zero-order valence-corrected chi connectivity index (χ0v) is 17.7. The molecule has 0 spiro atoms. The van der Waals surface area contributed by atoms with Gasteiger partial charge in [0.2, 0.25) is 11.8 Å². The number of nitrogens with zero attached hydrogens (tertiary/aromatic N) is 2. The highest BCUT2D eigenvalue weighted by molar-refractivity contribution is 5.95. The lowest BCUT2D eigenvalue weighted by Gasteiger charge is -2.10. The third-order valence-corrected chi connectivity index (χ3v) is 5.18. The maximum Gasteiger partial charge on any atom is 0.216 e. The van der Waals surface area contributed by atoms with Crippen LogP contribution in [0.5, 0.6) is 11.5 Å². The van der Waals surface area contributed by atoms with Crippen LogP contribution in [0.25, 0.3) is 0 Å². The molecule has 6 nitrogen and oxygen atoms in total. The van der Waals surface area contributed by atoms with Crippen LogP contribution in [0.1, 0.15) is 22.3 Å². The monoisotopic (exact) mass is 428 g/mol. The van der Waals surface area contributed by atoms with Crippen LogP contribution in [0, 0.1) is 0 Å². The van der Waals surface area contributed by atoms with Crippen molar-refractivity contribution >= 4 is 11.8 Å². The van der Waals surface area contributed by atoms with E-state index in [9.17, 15) is 0 Å². The number of benzene rings is 3. The molecular formula is C26H24N2O4. The van der Waals surface area contributed by atoms with Crippen molar-refractivity contribution in [2.45, 2.75) is 13.2 Å². The number of hydrogen-bond donors (Lipinski definition) is 0. The summed E-state index contributed by atoms with van der Waals surface area (Å²) in [5.41, 5.74) is 4.13. The Morgan fingerprint density at radius 3 is 1.50 bits per heavy atom. The Morgan fingerprint density at radius 2 is 1.09 bits per heavy atom. The van der Waals surface area contributed by atoms with Crippen LogP contribution in [0.2, 0.25) is 0 Å². The molecule has 32 heavy (non-hydrogen) atoms. The molecule has 162 valence electrons. The topological polar surface area (TPSA) is 61.6 Å². The molecule has 0 aliphatic carbocycles. The van der Waals surface area contributed by atoms with Crippen LogP contribution < -0.4 is 9.47 Å². The first-order valence-corrected chi connectivity index (χ1v) is 10.7. The van der Waals surface area contributed by atoms with Crippen molar-refractivity contribution in [1.29, 1.82) is 0 Å². The second kappa shape index (κ2) is 9.56. The molecule has 2 aliphatic rings. The number of rotatable bonds is 8. The Labute approximate surface area is 187 Å². The Bertz CT molecular complexity index is 1030. The van der Waals surface area contributed by atoms with Crippen molar-refractivity contribution in [2.75, 3.05) is 26.3 Å². The van der Waals surface area contributed by atoms with Gasteiger partial charge in [0.15, 0.2) is 0 Å². The Balaban J connectivity index is 1.14. The Hall–Kier alpha value is -3.80. The maximum atomic E-state index is 5.94. The summed E-state index contributed by atoms with van der Waals surface area (Å²) in [4.78, 5) is 8.66. The first-order chi connectivity index (χ1) is 15.8. The van der Waals surface area contributed by atoms with E-state index in [0.29, 0.717) is 38.2 Å². The number of hydrogen-bond acceptors (Lipinski definition) is 6. The summed E-state index contributed by atoms with van der Waals surface area (Å²) in [6, 6.07) is 23.9. The van der Waals surface area contributed by atoms with Crippen molar-refractivity contribution in [3.05, 3.63) is 95.1 Å². The fourth-order valence-electron chi connectivity index (χ4n) is 3.55. The third-order valence-electron chi connectivity index (χ3n) is 5.18. The minimum atomic E-state index is 0.488. The summed E-state index contributed by atoms with van der Waals surface area (Å²) >= 11 is 0. The van der Waals surface area contributed by atoms with Crippen molar-refractivity contribution in [2.24, 2.45) is 9.98 Å². The highest BCUT2D eigenvalue weighted by Gasteiger charge is 2.11. The molecule has 0 fully saturated rings. The molecule has 0 radical (unpaired) electrons. The van der Waals surface area contributed by atoms with Gasteiger partial charge in [-0.15, -0.1) is 0 Å². The smallest absolute Gasteiger partial charge is 0.216 e. The van der Waals surface area contributed by atoms with Gasteiger partial charge in [-0.25, -0.2) is 9.98 Å². The van der Waals surface area contributed by atoms with Gasteiger partial charge in [-0.05, 0) is 65.7 Å². The summed E-state index contributed by atoms with van der Waals surface area (Å²) in [6.45, 7) is 3.74. The predicted molar refractivity (Wildman–Crippen MR) is 123 cm³/mol. The molecule has 0 atom stereocenters. The van der Waals surface area contributed by atoms with Crippen LogP contribution in [0.4, 0.5) is 0 Å². The lowest BCUT2D eigenvalue weighted by atomic mass is 10.1. The summed E-state index contributed by atoms with van der Waals surface area (Å²) in [6.07, 6.45) is 0. The van der Waals surface area contributed by atoms with Gasteiger partial charge < -0.3 is 18.9 Å². The van der Waals surface area contributed by atoms with Gasteiger partial charge in [0.1, 0.15) is 37.9 Å². The average Bonchev–Trinajstić information content (AvgIpc) is 3.57. The fourth-order valence-corrected chi connectivity index (χ4v) is 3.55. The van der Waals surface area contributed by atoms with Gasteiger partial charge in [0, 0.05) is 11.1 Å². The van der Waals surface area contributed by atoms with Crippen LogP contribution >= 0.6 is 0 Å². The largest absolute Gasteiger partial charge is 0.489 e. The molecule has 2 aliphatic heterocycles. The highest BCUT2D eigenvalue weighted by atomic mass is 16.5. The van der Waals surface area contributed by atoms with E-state index in [1.165, 1.54) is 0 Å². The van der Waals surface area contributed by atoms with E-state index in [4.69, 9.17) is 18.9 Å². The minimum absolute atomic E-state index is 0.488. The Morgan fingerprint density at radius 1 is 0.625 bits per heavy atom. The zero-order valence-electron chi connectivity index (χ0n) is 17.7. The summed E-state index contributed by atoms with van der Waals surface area (Å²) < 4.78 is 22.9. The first-order valence-electron chi connectivity index (χ1n) is 10.7. The van der Waals surface area contributed by atoms with Crippen molar-refractivity contribution in [1.82, 2.24) is 0 Å². The Kier molecular flexibility index (Phi) is 6.01. The molecule has 0 bridgehead atoms. The molecule has 0 aromatic heterocycles. The normalized spacial score (nSPS) is 14.9. The summed E-state index contributed by atoms with van der Waals surface area (Å²) in [5, 5.41) is 0. The number of aliphatic imine (C=N–C) groups is 2. The van der Waals surface area contributed by atoms with Gasteiger partial charge in [0.25, 0.3) is 0 Å². The molecule has 3 aromatic carbocycles. The fraction of sp³-hybridized carbons (Fsp3) is 0.231. The quantitative estimate of drug-likeness (QED) is 0.534. The van der Waals surface area contributed by atoms with Gasteiger partial charge >= 0.3 is 0 Å². The lowest BCUT2D eigenvalue weighted by Crippen LogP contribution is -2.02.